The lowest BCUT2D eigenvalue weighted by molar-refractivity contribution is 0.0256. The van der Waals surface area contributed by atoms with Gasteiger partial charge in [-0.25, -0.2) is 4.79 Å². The Hall–Kier alpha value is -0.160. The lowest BCUT2D eigenvalue weighted by Gasteiger charge is -2.26. The van der Waals surface area contributed by atoms with Gasteiger partial charge >= 0.3 is 6.09 Å². The molecular formula is C13H20BrNO2S. The van der Waals surface area contributed by atoms with Crippen molar-refractivity contribution >= 4 is 33.8 Å². The van der Waals surface area contributed by atoms with Crippen LogP contribution in [0, 0.1) is 5.92 Å². The molecule has 2 atom stereocenters. The molecule has 1 amide bonds. The fourth-order valence-electron chi connectivity index (χ4n) is 2.30. The SMILES string of the molecule is CC(C)(C)OC(=O)N1CCC2C=C(Br)SC2CC1. The average Bonchev–Trinajstić information content (AvgIpc) is 2.45. The van der Waals surface area contributed by atoms with E-state index in [4.69, 9.17) is 4.74 Å². The first-order valence-electron chi connectivity index (χ1n) is 6.37. The molecule has 18 heavy (non-hydrogen) atoms. The molecule has 0 spiro atoms. The van der Waals surface area contributed by atoms with Gasteiger partial charge in [0, 0.05) is 22.2 Å². The summed E-state index contributed by atoms with van der Waals surface area (Å²) in [6, 6.07) is 0. The number of carbonyl (C=O) groups is 1. The van der Waals surface area contributed by atoms with Crippen LogP contribution in [0.5, 0.6) is 0 Å². The Morgan fingerprint density at radius 2 is 2.11 bits per heavy atom. The molecule has 0 radical (unpaired) electrons. The zero-order chi connectivity index (χ0) is 13.3. The van der Waals surface area contributed by atoms with Gasteiger partial charge < -0.3 is 9.64 Å². The highest BCUT2D eigenvalue weighted by Crippen LogP contribution is 2.44. The highest BCUT2D eigenvalue weighted by molar-refractivity contribution is 9.14. The molecule has 3 nitrogen and oxygen atoms in total. The predicted octanol–water partition coefficient (Wildman–Crippen LogP) is 3.99. The molecule has 5 heteroatoms. The summed E-state index contributed by atoms with van der Waals surface area (Å²) >= 11 is 5.45. The van der Waals surface area contributed by atoms with Crippen molar-refractivity contribution in [3.63, 3.8) is 0 Å². The molecule has 0 N–H and O–H groups in total. The van der Waals surface area contributed by atoms with Gasteiger partial charge in [0.1, 0.15) is 5.60 Å². The topological polar surface area (TPSA) is 29.5 Å². The third kappa shape index (κ3) is 3.67. The lowest BCUT2D eigenvalue weighted by Crippen LogP contribution is -2.37. The molecule has 102 valence electrons. The molecule has 0 aliphatic carbocycles. The Bertz CT molecular complexity index is 364. The van der Waals surface area contributed by atoms with Crippen LogP contribution in [0.25, 0.3) is 0 Å². The van der Waals surface area contributed by atoms with E-state index in [0.717, 1.165) is 25.9 Å². The van der Waals surface area contributed by atoms with E-state index in [0.29, 0.717) is 11.2 Å². The number of nitrogens with zero attached hydrogens (tertiary/aromatic N) is 1. The third-order valence-corrected chi connectivity index (χ3v) is 5.23. The number of fused-ring (bicyclic) bond motifs is 1. The summed E-state index contributed by atoms with van der Waals surface area (Å²) in [5, 5.41) is 0.617. The highest BCUT2D eigenvalue weighted by atomic mass is 79.9. The average molecular weight is 334 g/mol. The van der Waals surface area contributed by atoms with Gasteiger partial charge in [0.15, 0.2) is 0 Å². The van der Waals surface area contributed by atoms with E-state index in [9.17, 15) is 4.79 Å². The Labute approximate surface area is 121 Å². The largest absolute Gasteiger partial charge is 0.444 e. The molecule has 1 saturated heterocycles. The Morgan fingerprint density at radius 1 is 1.44 bits per heavy atom. The molecular weight excluding hydrogens is 314 g/mol. The maximum Gasteiger partial charge on any atom is 0.410 e. The minimum Gasteiger partial charge on any atom is -0.444 e. The normalized spacial score (nSPS) is 28.4. The summed E-state index contributed by atoms with van der Waals surface area (Å²) in [6.07, 6.45) is 4.19. The van der Waals surface area contributed by atoms with Crippen LogP contribution in [-0.2, 0) is 4.74 Å². The maximum absolute atomic E-state index is 12.0. The molecule has 2 aliphatic heterocycles. The van der Waals surface area contributed by atoms with Gasteiger partial charge in [-0.2, -0.15) is 0 Å². The van der Waals surface area contributed by atoms with Crippen molar-refractivity contribution in [1.29, 1.82) is 0 Å². The zero-order valence-electron chi connectivity index (χ0n) is 11.1. The number of likely N-dealkylation sites (tertiary alicyclic amines) is 1. The van der Waals surface area contributed by atoms with Crippen LogP contribution in [0.2, 0.25) is 0 Å². The minimum atomic E-state index is -0.406. The zero-order valence-corrected chi connectivity index (χ0v) is 13.5. The van der Waals surface area contributed by atoms with E-state index < -0.39 is 5.60 Å². The van der Waals surface area contributed by atoms with E-state index >= 15 is 0 Å². The van der Waals surface area contributed by atoms with Crippen molar-refractivity contribution in [3.05, 3.63) is 9.89 Å². The fraction of sp³-hybridized carbons (Fsp3) is 0.769. The number of allylic oxidation sites excluding steroid dienone is 1. The Kier molecular flexibility index (Phi) is 4.32. The molecule has 2 rings (SSSR count). The van der Waals surface area contributed by atoms with Gasteiger partial charge in [0.05, 0.1) is 0 Å². The standard InChI is InChI=1S/C13H20BrNO2S/c1-13(2,3)17-12(16)15-6-4-9-8-11(14)18-10(9)5-7-15/h8-10H,4-7H2,1-3H3. The smallest absolute Gasteiger partial charge is 0.410 e. The first kappa shape index (κ1) is 14.3. The van der Waals surface area contributed by atoms with Crippen molar-refractivity contribution in [1.82, 2.24) is 4.90 Å². The van der Waals surface area contributed by atoms with Gasteiger partial charge in [-0.05, 0) is 55.5 Å². The first-order chi connectivity index (χ1) is 8.35. The highest BCUT2D eigenvalue weighted by Gasteiger charge is 2.33. The second kappa shape index (κ2) is 5.45. The third-order valence-electron chi connectivity index (χ3n) is 3.15. The van der Waals surface area contributed by atoms with Crippen LogP contribution in [-0.4, -0.2) is 34.9 Å². The van der Waals surface area contributed by atoms with Gasteiger partial charge in [-0.1, -0.05) is 6.08 Å². The summed E-state index contributed by atoms with van der Waals surface area (Å²) in [7, 11) is 0. The maximum atomic E-state index is 12.0. The number of carbonyl (C=O) groups excluding carboxylic acids is 1. The van der Waals surface area contributed by atoms with Crippen molar-refractivity contribution in [2.45, 2.75) is 44.5 Å². The first-order valence-corrected chi connectivity index (χ1v) is 8.04. The number of rotatable bonds is 0. The van der Waals surface area contributed by atoms with Crippen LogP contribution in [0.1, 0.15) is 33.6 Å². The van der Waals surface area contributed by atoms with E-state index in [2.05, 4.69) is 22.0 Å². The molecule has 0 aromatic carbocycles. The molecule has 1 fully saturated rings. The number of hydrogen-bond donors (Lipinski definition) is 0. The summed E-state index contributed by atoms with van der Waals surface area (Å²) in [4.78, 5) is 13.9. The van der Waals surface area contributed by atoms with Crippen LogP contribution >= 0.6 is 27.7 Å². The molecule has 0 aromatic rings. The molecule has 0 bridgehead atoms. The fourth-order valence-corrected chi connectivity index (χ4v) is 4.51. The summed E-state index contributed by atoms with van der Waals surface area (Å²) in [6.45, 7) is 7.33. The van der Waals surface area contributed by atoms with Crippen molar-refractivity contribution in [2.75, 3.05) is 13.1 Å². The number of amides is 1. The van der Waals surface area contributed by atoms with Gasteiger partial charge in [0.2, 0.25) is 0 Å². The number of halogens is 1. The molecule has 2 heterocycles. The van der Waals surface area contributed by atoms with E-state index in [1.807, 2.05) is 37.4 Å². The molecule has 2 unspecified atom stereocenters. The molecule has 2 aliphatic rings. The van der Waals surface area contributed by atoms with Crippen molar-refractivity contribution in [3.8, 4) is 0 Å². The monoisotopic (exact) mass is 333 g/mol. The number of hydrogen-bond acceptors (Lipinski definition) is 3. The lowest BCUT2D eigenvalue weighted by atomic mass is 10.0. The number of thioether (sulfide) groups is 1. The second-order valence-corrected chi connectivity index (χ2v) is 8.50. The van der Waals surface area contributed by atoms with E-state index in [1.165, 1.54) is 3.81 Å². The van der Waals surface area contributed by atoms with Crippen molar-refractivity contribution in [2.24, 2.45) is 5.92 Å². The van der Waals surface area contributed by atoms with Crippen LogP contribution in [0.15, 0.2) is 9.89 Å². The Balaban J connectivity index is 1.92. The number of ether oxygens (including phenoxy) is 1. The predicted molar refractivity (Wildman–Crippen MR) is 78.9 cm³/mol. The van der Waals surface area contributed by atoms with Gasteiger partial charge in [-0.15, -0.1) is 11.8 Å². The minimum absolute atomic E-state index is 0.171. The van der Waals surface area contributed by atoms with Crippen LogP contribution < -0.4 is 0 Å². The Morgan fingerprint density at radius 3 is 2.78 bits per heavy atom. The summed E-state index contributed by atoms with van der Waals surface area (Å²) in [5.74, 6) is 0.594. The molecule has 0 aromatic heterocycles. The van der Waals surface area contributed by atoms with E-state index in [1.54, 1.807) is 0 Å². The van der Waals surface area contributed by atoms with Crippen LogP contribution in [0.3, 0.4) is 0 Å². The van der Waals surface area contributed by atoms with Crippen LogP contribution in [0.4, 0.5) is 4.79 Å². The molecule has 0 saturated carbocycles. The van der Waals surface area contributed by atoms with Crippen molar-refractivity contribution < 1.29 is 9.53 Å². The second-order valence-electron chi connectivity index (χ2n) is 5.84. The quantitative estimate of drug-likeness (QED) is 0.671. The van der Waals surface area contributed by atoms with E-state index in [-0.39, 0.29) is 6.09 Å². The van der Waals surface area contributed by atoms with Gasteiger partial charge in [-0.3, -0.25) is 0 Å². The van der Waals surface area contributed by atoms with Gasteiger partial charge in [0.25, 0.3) is 0 Å². The summed E-state index contributed by atoms with van der Waals surface area (Å²) in [5.41, 5.74) is -0.406. The summed E-state index contributed by atoms with van der Waals surface area (Å²) < 4.78 is 6.68.